The van der Waals surface area contributed by atoms with Gasteiger partial charge >= 0.3 is 0 Å². The zero-order valence-electron chi connectivity index (χ0n) is 11.8. The summed E-state index contributed by atoms with van der Waals surface area (Å²) in [5.41, 5.74) is 0.938. The lowest BCUT2D eigenvalue weighted by Crippen LogP contribution is -2.37. The van der Waals surface area contributed by atoms with Crippen LogP contribution in [0.25, 0.3) is 5.65 Å². The minimum absolute atomic E-state index is 0.0961. The first-order chi connectivity index (χ1) is 10.2. The Morgan fingerprint density at radius 3 is 3.14 bits per heavy atom. The first-order valence-corrected chi connectivity index (χ1v) is 7.06. The van der Waals surface area contributed by atoms with E-state index in [1.165, 1.54) is 0 Å². The first-order valence-electron chi connectivity index (χ1n) is 7.06. The molecule has 21 heavy (non-hydrogen) atoms. The zero-order chi connectivity index (χ0) is 14.8. The van der Waals surface area contributed by atoms with Gasteiger partial charge in [0.25, 0.3) is 5.91 Å². The van der Waals surface area contributed by atoms with E-state index >= 15 is 0 Å². The summed E-state index contributed by atoms with van der Waals surface area (Å²) in [5, 5.41) is 7.04. The van der Waals surface area contributed by atoms with Crippen molar-refractivity contribution in [3.8, 4) is 0 Å². The maximum atomic E-state index is 12.2. The molecule has 1 aliphatic heterocycles. The molecule has 0 radical (unpaired) electrons. The smallest absolute Gasteiger partial charge is 0.272 e. The third-order valence-corrected chi connectivity index (χ3v) is 3.51. The molecule has 0 bridgehead atoms. The van der Waals surface area contributed by atoms with E-state index in [-0.39, 0.29) is 17.9 Å². The molecule has 3 heterocycles. The highest BCUT2D eigenvalue weighted by molar-refractivity contribution is 5.94. The van der Waals surface area contributed by atoms with Crippen molar-refractivity contribution in [1.82, 2.24) is 24.8 Å². The fourth-order valence-corrected chi connectivity index (χ4v) is 2.56. The summed E-state index contributed by atoms with van der Waals surface area (Å²) in [4.78, 5) is 29.9. The number of fused-ring (bicyclic) bond motifs is 1. The molecule has 1 N–H and O–H groups in total. The molecular weight excluding hydrogens is 270 g/mol. The van der Waals surface area contributed by atoms with Crippen LogP contribution in [0.15, 0.2) is 24.5 Å². The maximum absolute atomic E-state index is 12.2. The lowest BCUT2D eigenvalue weighted by molar-refractivity contribution is -0.127. The summed E-state index contributed by atoms with van der Waals surface area (Å²) in [6.45, 7) is 3.34. The Bertz CT molecular complexity index is 648. The SMILES string of the molecule is CCCN1C[C@@H](NC(=O)c2cc3ncccn3n2)CC1=O. The van der Waals surface area contributed by atoms with Gasteiger partial charge in [0, 0.05) is 38.0 Å². The first kappa shape index (κ1) is 13.5. The lowest BCUT2D eigenvalue weighted by atomic mass is 10.2. The Morgan fingerprint density at radius 2 is 2.38 bits per heavy atom. The van der Waals surface area contributed by atoms with E-state index in [0.29, 0.717) is 24.3 Å². The van der Waals surface area contributed by atoms with Crippen molar-refractivity contribution >= 4 is 17.5 Å². The maximum Gasteiger partial charge on any atom is 0.272 e. The highest BCUT2D eigenvalue weighted by Crippen LogP contribution is 2.12. The average molecular weight is 287 g/mol. The number of hydrogen-bond acceptors (Lipinski definition) is 4. The van der Waals surface area contributed by atoms with Gasteiger partial charge in [-0.15, -0.1) is 0 Å². The summed E-state index contributed by atoms with van der Waals surface area (Å²) in [6.07, 6.45) is 4.67. The molecule has 2 aromatic rings. The molecule has 7 nitrogen and oxygen atoms in total. The third kappa shape index (κ3) is 2.72. The van der Waals surface area contributed by atoms with Gasteiger partial charge in [-0.2, -0.15) is 5.10 Å². The number of likely N-dealkylation sites (tertiary alicyclic amines) is 1. The van der Waals surface area contributed by atoms with Crippen LogP contribution in [0, 0.1) is 0 Å². The zero-order valence-corrected chi connectivity index (χ0v) is 11.8. The number of nitrogens with one attached hydrogen (secondary N) is 1. The Kier molecular flexibility index (Phi) is 3.55. The van der Waals surface area contributed by atoms with E-state index < -0.39 is 0 Å². The predicted octanol–water partition coefficient (Wildman–Crippen LogP) is 0.470. The molecule has 2 aromatic heterocycles. The molecule has 110 valence electrons. The van der Waals surface area contributed by atoms with Crippen LogP contribution in [0.1, 0.15) is 30.3 Å². The number of carbonyl (C=O) groups excluding carboxylic acids is 2. The van der Waals surface area contributed by atoms with E-state index in [2.05, 4.69) is 15.4 Å². The van der Waals surface area contributed by atoms with Crippen LogP contribution in [-0.4, -0.2) is 50.4 Å². The Labute approximate surface area is 122 Å². The van der Waals surface area contributed by atoms with Gasteiger partial charge in [0.15, 0.2) is 11.3 Å². The number of carbonyl (C=O) groups is 2. The van der Waals surface area contributed by atoms with Crippen LogP contribution < -0.4 is 5.32 Å². The van der Waals surface area contributed by atoms with Gasteiger partial charge in [-0.25, -0.2) is 9.50 Å². The predicted molar refractivity (Wildman–Crippen MR) is 75.7 cm³/mol. The second kappa shape index (κ2) is 5.51. The van der Waals surface area contributed by atoms with Crippen molar-refractivity contribution in [3.05, 3.63) is 30.2 Å². The van der Waals surface area contributed by atoms with E-state index in [4.69, 9.17) is 0 Å². The quantitative estimate of drug-likeness (QED) is 0.886. The average Bonchev–Trinajstić information content (AvgIpc) is 3.03. The van der Waals surface area contributed by atoms with Crippen LogP contribution in [0.2, 0.25) is 0 Å². The molecule has 0 saturated carbocycles. The molecule has 0 aromatic carbocycles. The number of rotatable bonds is 4. The molecule has 1 fully saturated rings. The molecule has 0 spiro atoms. The molecule has 1 saturated heterocycles. The van der Waals surface area contributed by atoms with Crippen LogP contribution in [0.5, 0.6) is 0 Å². The largest absolute Gasteiger partial charge is 0.346 e. The van der Waals surface area contributed by atoms with Gasteiger partial charge in [0.2, 0.25) is 5.91 Å². The van der Waals surface area contributed by atoms with Crippen molar-refractivity contribution in [3.63, 3.8) is 0 Å². The van der Waals surface area contributed by atoms with E-state index in [9.17, 15) is 9.59 Å². The summed E-state index contributed by atoms with van der Waals surface area (Å²) < 4.78 is 1.55. The Balaban J connectivity index is 1.68. The van der Waals surface area contributed by atoms with Gasteiger partial charge in [0.05, 0.1) is 6.04 Å². The van der Waals surface area contributed by atoms with Crippen molar-refractivity contribution < 1.29 is 9.59 Å². The van der Waals surface area contributed by atoms with E-state index in [1.54, 1.807) is 33.9 Å². The number of amides is 2. The van der Waals surface area contributed by atoms with Crippen LogP contribution in [-0.2, 0) is 4.79 Å². The summed E-state index contributed by atoms with van der Waals surface area (Å²) >= 11 is 0. The normalized spacial score (nSPS) is 18.4. The molecule has 7 heteroatoms. The van der Waals surface area contributed by atoms with Gasteiger partial charge in [-0.05, 0) is 12.5 Å². The summed E-state index contributed by atoms with van der Waals surface area (Å²) in [7, 11) is 0. The molecule has 0 aliphatic carbocycles. The van der Waals surface area contributed by atoms with Gasteiger partial charge in [-0.3, -0.25) is 9.59 Å². The third-order valence-electron chi connectivity index (χ3n) is 3.51. The molecule has 0 unspecified atom stereocenters. The van der Waals surface area contributed by atoms with Crippen LogP contribution in [0.3, 0.4) is 0 Å². The fourth-order valence-electron chi connectivity index (χ4n) is 2.56. The Hall–Kier alpha value is -2.44. The van der Waals surface area contributed by atoms with Crippen molar-refractivity contribution in [2.75, 3.05) is 13.1 Å². The monoisotopic (exact) mass is 287 g/mol. The molecule has 3 rings (SSSR count). The second-order valence-electron chi connectivity index (χ2n) is 5.17. The van der Waals surface area contributed by atoms with Gasteiger partial charge in [-0.1, -0.05) is 6.92 Å². The van der Waals surface area contributed by atoms with Crippen LogP contribution >= 0.6 is 0 Å². The van der Waals surface area contributed by atoms with Gasteiger partial charge in [0.1, 0.15) is 0 Å². The lowest BCUT2D eigenvalue weighted by Gasteiger charge is -2.15. The highest BCUT2D eigenvalue weighted by Gasteiger charge is 2.30. The number of hydrogen-bond donors (Lipinski definition) is 1. The minimum Gasteiger partial charge on any atom is -0.346 e. The Morgan fingerprint density at radius 1 is 1.52 bits per heavy atom. The van der Waals surface area contributed by atoms with Crippen molar-refractivity contribution in [1.29, 1.82) is 0 Å². The number of nitrogens with zero attached hydrogens (tertiary/aromatic N) is 4. The molecule has 2 amide bonds. The van der Waals surface area contributed by atoms with Crippen molar-refractivity contribution in [2.24, 2.45) is 0 Å². The van der Waals surface area contributed by atoms with Crippen LogP contribution in [0.4, 0.5) is 0 Å². The standard InChI is InChI=1S/C14H17N5O2/c1-2-5-18-9-10(7-13(18)20)16-14(21)11-8-12-15-4-3-6-19(12)17-11/h3-4,6,8,10H,2,5,7,9H2,1H3,(H,16,21)/t10-/m0/s1. The topological polar surface area (TPSA) is 79.6 Å². The highest BCUT2D eigenvalue weighted by atomic mass is 16.2. The number of aromatic nitrogens is 3. The van der Waals surface area contributed by atoms with E-state index in [1.807, 2.05) is 6.92 Å². The van der Waals surface area contributed by atoms with Gasteiger partial charge < -0.3 is 10.2 Å². The molecular formula is C14H17N5O2. The minimum atomic E-state index is -0.267. The second-order valence-corrected chi connectivity index (χ2v) is 5.17. The summed E-state index contributed by atoms with van der Waals surface area (Å²) in [6, 6.07) is 3.24. The molecule has 1 aliphatic rings. The fraction of sp³-hybridized carbons (Fsp3) is 0.429. The van der Waals surface area contributed by atoms with E-state index in [0.717, 1.165) is 13.0 Å². The molecule has 1 atom stereocenters. The summed E-state index contributed by atoms with van der Waals surface area (Å²) in [5.74, 6) is -0.171. The van der Waals surface area contributed by atoms with Crippen molar-refractivity contribution in [2.45, 2.75) is 25.8 Å².